The van der Waals surface area contributed by atoms with Gasteiger partial charge in [-0.1, -0.05) is 0 Å². The van der Waals surface area contributed by atoms with Crippen molar-refractivity contribution in [3.8, 4) is 17.3 Å². The predicted molar refractivity (Wildman–Crippen MR) is 105 cm³/mol. The third-order valence-electron chi connectivity index (χ3n) is 5.19. The van der Waals surface area contributed by atoms with Crippen LogP contribution in [0.1, 0.15) is 30.3 Å². The van der Waals surface area contributed by atoms with Crippen molar-refractivity contribution in [1.29, 1.82) is 5.26 Å². The summed E-state index contributed by atoms with van der Waals surface area (Å²) in [6.07, 6.45) is 8.46. The number of piperidine rings is 1. The Labute approximate surface area is 166 Å². The number of anilines is 1. The Hall–Kier alpha value is -3.93. The van der Waals surface area contributed by atoms with Crippen molar-refractivity contribution < 1.29 is 0 Å². The van der Waals surface area contributed by atoms with Crippen LogP contribution < -0.4 is 4.90 Å². The Morgan fingerprint density at radius 3 is 2.66 bits per heavy atom. The standard InChI is InChI=1S/C20H17N9/c21-12-17-20(24-9-8-23-17)28-10-5-14(6-11-28)19-26-25-18-4-3-16(27-29(18)19)15-2-1-7-22-13-15/h1-4,7-9,13-14H,5-6,10-11H2. The van der Waals surface area contributed by atoms with Crippen LogP contribution >= 0.6 is 0 Å². The summed E-state index contributed by atoms with van der Waals surface area (Å²) in [7, 11) is 0. The molecule has 29 heavy (non-hydrogen) atoms. The second kappa shape index (κ2) is 7.24. The molecule has 1 aliphatic heterocycles. The highest BCUT2D eigenvalue weighted by molar-refractivity contribution is 5.59. The first-order valence-corrected chi connectivity index (χ1v) is 9.42. The highest BCUT2D eigenvalue weighted by atomic mass is 15.4. The Morgan fingerprint density at radius 2 is 1.86 bits per heavy atom. The molecule has 0 unspecified atom stereocenters. The molecule has 0 aliphatic carbocycles. The van der Waals surface area contributed by atoms with Crippen LogP contribution in [0.5, 0.6) is 0 Å². The summed E-state index contributed by atoms with van der Waals surface area (Å²) in [6, 6.07) is 9.86. The second-order valence-electron chi connectivity index (χ2n) is 6.89. The van der Waals surface area contributed by atoms with Gasteiger partial charge in [-0.25, -0.2) is 9.97 Å². The van der Waals surface area contributed by atoms with Gasteiger partial charge >= 0.3 is 0 Å². The molecule has 9 heteroatoms. The van der Waals surface area contributed by atoms with E-state index in [1.54, 1.807) is 24.8 Å². The molecule has 0 amide bonds. The van der Waals surface area contributed by atoms with Crippen LogP contribution in [0.25, 0.3) is 16.9 Å². The normalized spacial score (nSPS) is 14.8. The number of hydrogen-bond donors (Lipinski definition) is 0. The number of nitriles is 1. The maximum atomic E-state index is 9.28. The highest BCUT2D eigenvalue weighted by Gasteiger charge is 2.27. The van der Waals surface area contributed by atoms with Crippen LogP contribution in [0.2, 0.25) is 0 Å². The summed E-state index contributed by atoms with van der Waals surface area (Å²) >= 11 is 0. The molecule has 1 saturated heterocycles. The molecule has 5 heterocycles. The topological polar surface area (TPSA) is 109 Å². The predicted octanol–water partition coefficient (Wildman–Crippen LogP) is 2.23. The van der Waals surface area contributed by atoms with Crippen molar-refractivity contribution >= 4 is 11.5 Å². The van der Waals surface area contributed by atoms with Gasteiger partial charge in [0.1, 0.15) is 6.07 Å². The molecular weight excluding hydrogens is 366 g/mol. The molecule has 1 aliphatic rings. The number of nitrogens with zero attached hydrogens (tertiary/aromatic N) is 9. The Kier molecular flexibility index (Phi) is 4.29. The molecule has 0 bridgehead atoms. The van der Waals surface area contributed by atoms with Crippen molar-refractivity contribution in [3.05, 3.63) is 60.6 Å². The molecule has 0 saturated carbocycles. The van der Waals surface area contributed by atoms with Gasteiger partial charge in [0.05, 0.1) is 5.69 Å². The van der Waals surface area contributed by atoms with Gasteiger partial charge in [-0.2, -0.15) is 14.9 Å². The molecule has 1 fully saturated rings. The SMILES string of the molecule is N#Cc1nccnc1N1CCC(c2nnc3ccc(-c4cccnc4)nn23)CC1. The fraction of sp³-hybridized carbons (Fsp3) is 0.250. The largest absolute Gasteiger partial charge is 0.354 e. The maximum Gasteiger partial charge on any atom is 0.183 e. The number of fused-ring (bicyclic) bond motifs is 1. The first-order valence-electron chi connectivity index (χ1n) is 9.42. The minimum Gasteiger partial charge on any atom is -0.354 e. The molecule has 0 aromatic carbocycles. The third-order valence-corrected chi connectivity index (χ3v) is 5.19. The quantitative estimate of drug-likeness (QED) is 0.530. The Balaban J connectivity index is 1.40. The second-order valence-corrected chi connectivity index (χ2v) is 6.89. The lowest BCUT2D eigenvalue weighted by molar-refractivity contribution is 0.475. The zero-order valence-electron chi connectivity index (χ0n) is 15.5. The van der Waals surface area contributed by atoms with E-state index in [-0.39, 0.29) is 5.92 Å². The van der Waals surface area contributed by atoms with E-state index in [0.717, 1.165) is 48.7 Å². The van der Waals surface area contributed by atoms with Gasteiger partial charge in [0.2, 0.25) is 0 Å². The van der Waals surface area contributed by atoms with E-state index in [1.807, 2.05) is 28.8 Å². The van der Waals surface area contributed by atoms with Crippen LogP contribution in [0, 0.1) is 11.3 Å². The molecule has 5 rings (SSSR count). The lowest BCUT2D eigenvalue weighted by Gasteiger charge is -2.31. The minimum atomic E-state index is 0.236. The van der Waals surface area contributed by atoms with E-state index in [0.29, 0.717) is 11.5 Å². The third kappa shape index (κ3) is 3.14. The summed E-state index contributed by atoms with van der Waals surface area (Å²) < 4.78 is 1.84. The summed E-state index contributed by atoms with van der Waals surface area (Å²) in [5.41, 5.74) is 2.88. The van der Waals surface area contributed by atoms with Gasteiger partial charge in [0.25, 0.3) is 0 Å². The zero-order chi connectivity index (χ0) is 19.6. The zero-order valence-corrected chi connectivity index (χ0v) is 15.5. The monoisotopic (exact) mass is 383 g/mol. The first kappa shape index (κ1) is 17.2. The minimum absolute atomic E-state index is 0.236. The molecule has 0 atom stereocenters. The molecule has 0 spiro atoms. The van der Waals surface area contributed by atoms with Gasteiger partial charge in [-0.05, 0) is 37.1 Å². The van der Waals surface area contributed by atoms with E-state index in [2.05, 4.69) is 36.1 Å². The van der Waals surface area contributed by atoms with Crippen LogP contribution in [0.15, 0.2) is 49.1 Å². The lowest BCUT2D eigenvalue weighted by atomic mass is 9.96. The summed E-state index contributed by atoms with van der Waals surface area (Å²) in [5.74, 6) is 1.75. The van der Waals surface area contributed by atoms with Gasteiger partial charge in [0, 0.05) is 49.4 Å². The summed E-state index contributed by atoms with van der Waals surface area (Å²) in [6.45, 7) is 1.55. The van der Waals surface area contributed by atoms with Crippen LogP contribution in [-0.2, 0) is 0 Å². The van der Waals surface area contributed by atoms with Crippen LogP contribution in [0.3, 0.4) is 0 Å². The van der Waals surface area contributed by atoms with E-state index >= 15 is 0 Å². The van der Waals surface area contributed by atoms with E-state index in [1.165, 1.54) is 0 Å². The highest BCUT2D eigenvalue weighted by Crippen LogP contribution is 2.30. The van der Waals surface area contributed by atoms with Crippen molar-refractivity contribution in [2.75, 3.05) is 18.0 Å². The molecule has 0 radical (unpaired) electrons. The van der Waals surface area contributed by atoms with Gasteiger partial charge in [-0.15, -0.1) is 10.2 Å². The molecule has 0 N–H and O–H groups in total. The van der Waals surface area contributed by atoms with Gasteiger partial charge in [0.15, 0.2) is 23.0 Å². The molecule has 4 aromatic rings. The van der Waals surface area contributed by atoms with E-state index < -0.39 is 0 Å². The summed E-state index contributed by atoms with van der Waals surface area (Å²) in [4.78, 5) is 14.7. The maximum absolute atomic E-state index is 9.28. The Bertz CT molecular complexity index is 1190. The number of hydrogen-bond acceptors (Lipinski definition) is 8. The van der Waals surface area contributed by atoms with Gasteiger partial charge < -0.3 is 4.90 Å². The van der Waals surface area contributed by atoms with Crippen molar-refractivity contribution in [1.82, 2.24) is 34.8 Å². The van der Waals surface area contributed by atoms with E-state index in [9.17, 15) is 5.26 Å². The lowest BCUT2D eigenvalue weighted by Crippen LogP contribution is -2.34. The van der Waals surface area contributed by atoms with E-state index in [4.69, 9.17) is 5.10 Å². The molecule has 4 aromatic heterocycles. The number of rotatable bonds is 3. The summed E-state index contributed by atoms with van der Waals surface area (Å²) in [5, 5.41) is 22.7. The molecular formula is C20H17N9. The fourth-order valence-electron chi connectivity index (χ4n) is 3.72. The average molecular weight is 383 g/mol. The van der Waals surface area contributed by atoms with Crippen LogP contribution in [0.4, 0.5) is 5.82 Å². The molecule has 142 valence electrons. The van der Waals surface area contributed by atoms with Gasteiger partial charge in [-0.3, -0.25) is 4.98 Å². The average Bonchev–Trinajstić information content (AvgIpc) is 3.23. The first-order chi connectivity index (χ1) is 14.3. The fourth-order valence-corrected chi connectivity index (χ4v) is 3.72. The van der Waals surface area contributed by atoms with Crippen molar-refractivity contribution in [3.63, 3.8) is 0 Å². The van der Waals surface area contributed by atoms with Crippen LogP contribution in [-0.4, -0.2) is 47.9 Å². The van der Waals surface area contributed by atoms with Crippen molar-refractivity contribution in [2.45, 2.75) is 18.8 Å². The number of aromatic nitrogens is 7. The smallest absolute Gasteiger partial charge is 0.183 e. The van der Waals surface area contributed by atoms with Crippen molar-refractivity contribution in [2.24, 2.45) is 0 Å². The Morgan fingerprint density at radius 1 is 1.00 bits per heavy atom. The molecule has 9 nitrogen and oxygen atoms in total. The number of pyridine rings is 1.